The maximum Gasteiger partial charge on any atom is 0.251 e. The Morgan fingerprint density at radius 3 is 2.56 bits per heavy atom. The van der Waals surface area contributed by atoms with E-state index in [-0.39, 0.29) is 17.6 Å². The van der Waals surface area contributed by atoms with Crippen molar-refractivity contribution in [3.8, 4) is 5.75 Å². The van der Waals surface area contributed by atoms with Crippen LogP contribution in [0.15, 0.2) is 54.6 Å². The molecule has 1 unspecified atom stereocenters. The van der Waals surface area contributed by atoms with Crippen LogP contribution in [-0.2, 0) is 6.54 Å². The predicted molar refractivity (Wildman–Crippen MR) is 125 cm³/mol. The van der Waals surface area contributed by atoms with Gasteiger partial charge in [0.25, 0.3) is 5.91 Å². The molecular formula is C27H31N3O2. The van der Waals surface area contributed by atoms with Gasteiger partial charge < -0.3 is 10.1 Å². The van der Waals surface area contributed by atoms with Crippen molar-refractivity contribution in [1.29, 1.82) is 0 Å². The SMILES string of the molecule is Cc1cc(C)n(Cc2ccc(C(=O)NC3CC4(CCCCC4)Oc4ccccc43)cc2)n1. The Bertz CT molecular complexity index is 1110. The first-order chi connectivity index (χ1) is 15.5. The molecule has 166 valence electrons. The van der Waals surface area contributed by atoms with E-state index in [0.717, 1.165) is 47.5 Å². The van der Waals surface area contributed by atoms with E-state index < -0.39 is 0 Å². The van der Waals surface area contributed by atoms with Crippen LogP contribution < -0.4 is 10.1 Å². The third-order valence-electron chi connectivity index (χ3n) is 6.92. The lowest BCUT2D eigenvalue weighted by atomic mass is 9.77. The van der Waals surface area contributed by atoms with Crippen LogP contribution in [0.4, 0.5) is 0 Å². The minimum atomic E-state index is -0.145. The largest absolute Gasteiger partial charge is 0.487 e. The molecule has 1 saturated carbocycles. The van der Waals surface area contributed by atoms with Gasteiger partial charge in [0.05, 0.1) is 18.3 Å². The predicted octanol–water partition coefficient (Wildman–Crippen LogP) is 5.50. The van der Waals surface area contributed by atoms with E-state index in [4.69, 9.17) is 4.74 Å². The van der Waals surface area contributed by atoms with E-state index in [2.05, 4.69) is 29.5 Å². The summed E-state index contributed by atoms with van der Waals surface area (Å²) in [6.45, 7) is 4.77. The van der Waals surface area contributed by atoms with Crippen molar-refractivity contribution >= 4 is 5.91 Å². The molecule has 1 fully saturated rings. The van der Waals surface area contributed by atoms with Gasteiger partial charge in [0.1, 0.15) is 11.4 Å². The molecule has 0 radical (unpaired) electrons. The standard InChI is InChI=1S/C27H31N3O2/c1-19-16-20(2)30(29-19)18-21-10-12-22(13-11-21)26(31)28-24-17-27(14-6-3-7-15-27)32-25-9-5-4-8-23(24)25/h4-5,8-13,16,24H,3,6-7,14-15,17-18H2,1-2H3,(H,28,31). The van der Waals surface area contributed by atoms with Gasteiger partial charge in [0.15, 0.2) is 0 Å². The van der Waals surface area contributed by atoms with Gasteiger partial charge in [-0.3, -0.25) is 9.48 Å². The summed E-state index contributed by atoms with van der Waals surface area (Å²) in [5, 5.41) is 7.84. The van der Waals surface area contributed by atoms with Crippen LogP contribution in [0.5, 0.6) is 5.75 Å². The molecule has 2 aliphatic rings. The molecule has 1 spiro atoms. The number of aromatic nitrogens is 2. The van der Waals surface area contributed by atoms with Crippen LogP contribution in [-0.4, -0.2) is 21.3 Å². The van der Waals surface area contributed by atoms with E-state index in [9.17, 15) is 4.79 Å². The lowest BCUT2D eigenvalue weighted by Gasteiger charge is -2.44. The Hall–Kier alpha value is -3.08. The number of carbonyl (C=O) groups excluding carboxylic acids is 1. The fourth-order valence-electron chi connectivity index (χ4n) is 5.26. The number of benzene rings is 2. The average Bonchev–Trinajstić information content (AvgIpc) is 3.11. The van der Waals surface area contributed by atoms with Crippen molar-refractivity contribution in [2.24, 2.45) is 0 Å². The Labute approximate surface area is 189 Å². The Kier molecular flexibility index (Phi) is 5.50. The van der Waals surface area contributed by atoms with Crippen LogP contribution >= 0.6 is 0 Å². The Morgan fingerprint density at radius 1 is 1.09 bits per heavy atom. The van der Waals surface area contributed by atoms with Gasteiger partial charge in [-0.1, -0.05) is 36.8 Å². The van der Waals surface area contributed by atoms with Crippen molar-refractivity contribution in [3.05, 3.63) is 82.7 Å². The molecule has 1 aliphatic heterocycles. The molecule has 2 aromatic carbocycles. The molecule has 5 rings (SSSR count). The van der Waals surface area contributed by atoms with E-state index >= 15 is 0 Å². The molecule has 1 aromatic heterocycles. The third kappa shape index (κ3) is 4.16. The van der Waals surface area contributed by atoms with Crippen LogP contribution in [0.2, 0.25) is 0 Å². The second-order valence-electron chi connectivity index (χ2n) is 9.40. The summed E-state index contributed by atoms with van der Waals surface area (Å²) in [6.07, 6.45) is 6.63. The van der Waals surface area contributed by atoms with E-state index in [1.165, 1.54) is 19.3 Å². The number of aryl methyl sites for hydroxylation is 2. The number of fused-ring (bicyclic) bond motifs is 1. The summed E-state index contributed by atoms with van der Waals surface area (Å²) >= 11 is 0. The van der Waals surface area contributed by atoms with Gasteiger partial charge in [-0.05, 0) is 69.4 Å². The highest BCUT2D eigenvalue weighted by Gasteiger charge is 2.42. The molecule has 32 heavy (non-hydrogen) atoms. The summed E-state index contributed by atoms with van der Waals surface area (Å²) < 4.78 is 8.50. The monoisotopic (exact) mass is 429 g/mol. The average molecular weight is 430 g/mol. The first-order valence-electron chi connectivity index (χ1n) is 11.7. The fourth-order valence-corrected chi connectivity index (χ4v) is 5.26. The lowest BCUT2D eigenvalue weighted by Crippen LogP contribution is -2.46. The number of nitrogens with one attached hydrogen (secondary N) is 1. The van der Waals surface area contributed by atoms with Crippen molar-refractivity contribution < 1.29 is 9.53 Å². The Morgan fingerprint density at radius 2 is 1.84 bits per heavy atom. The van der Waals surface area contributed by atoms with E-state index in [1.54, 1.807) is 0 Å². The van der Waals surface area contributed by atoms with E-state index in [0.29, 0.717) is 12.1 Å². The smallest absolute Gasteiger partial charge is 0.251 e. The second kappa shape index (κ2) is 8.45. The first-order valence-corrected chi connectivity index (χ1v) is 11.7. The second-order valence-corrected chi connectivity index (χ2v) is 9.40. The number of amides is 1. The maximum atomic E-state index is 13.2. The minimum Gasteiger partial charge on any atom is -0.487 e. The molecule has 3 aromatic rings. The van der Waals surface area contributed by atoms with Gasteiger partial charge in [-0.25, -0.2) is 0 Å². The molecule has 1 atom stereocenters. The molecule has 1 amide bonds. The number of carbonyl (C=O) groups is 1. The summed E-state index contributed by atoms with van der Waals surface area (Å²) in [4.78, 5) is 13.2. The minimum absolute atomic E-state index is 0.0278. The number of ether oxygens (including phenoxy) is 1. The van der Waals surface area contributed by atoms with Crippen LogP contribution in [0.1, 0.15) is 77.4 Å². The van der Waals surface area contributed by atoms with Gasteiger partial charge in [-0.2, -0.15) is 5.10 Å². The third-order valence-corrected chi connectivity index (χ3v) is 6.92. The number of nitrogens with zero attached hydrogens (tertiary/aromatic N) is 2. The first kappa shape index (κ1) is 20.8. The van der Waals surface area contributed by atoms with Gasteiger partial charge in [-0.15, -0.1) is 0 Å². The molecule has 5 heteroatoms. The van der Waals surface area contributed by atoms with Crippen molar-refractivity contribution in [2.75, 3.05) is 0 Å². The lowest BCUT2D eigenvalue weighted by molar-refractivity contribution is -0.00209. The van der Waals surface area contributed by atoms with Crippen molar-refractivity contribution in [1.82, 2.24) is 15.1 Å². The Balaban J connectivity index is 1.32. The fraction of sp³-hybridized carbons (Fsp3) is 0.407. The molecule has 0 saturated heterocycles. The van der Waals surface area contributed by atoms with E-state index in [1.807, 2.05) is 54.1 Å². The summed E-state index contributed by atoms with van der Waals surface area (Å²) in [7, 11) is 0. The molecule has 5 nitrogen and oxygen atoms in total. The normalized spacial score (nSPS) is 19.2. The highest BCUT2D eigenvalue weighted by Crippen LogP contribution is 2.46. The summed E-state index contributed by atoms with van der Waals surface area (Å²) in [5.41, 5.74) is 4.91. The van der Waals surface area contributed by atoms with Crippen molar-refractivity contribution in [2.45, 2.75) is 70.6 Å². The number of hydrogen-bond acceptors (Lipinski definition) is 3. The summed E-state index contributed by atoms with van der Waals surface area (Å²) in [5.74, 6) is 0.890. The highest BCUT2D eigenvalue weighted by atomic mass is 16.5. The summed E-state index contributed by atoms with van der Waals surface area (Å²) in [6, 6.07) is 18.1. The van der Waals surface area contributed by atoms with Crippen LogP contribution in [0.25, 0.3) is 0 Å². The zero-order valence-corrected chi connectivity index (χ0v) is 18.9. The zero-order valence-electron chi connectivity index (χ0n) is 18.9. The molecular weight excluding hydrogens is 398 g/mol. The van der Waals surface area contributed by atoms with Gasteiger partial charge in [0.2, 0.25) is 0 Å². The topological polar surface area (TPSA) is 56.2 Å². The molecule has 1 aliphatic carbocycles. The number of rotatable bonds is 4. The van der Waals surface area contributed by atoms with Crippen LogP contribution in [0.3, 0.4) is 0 Å². The quantitative estimate of drug-likeness (QED) is 0.595. The number of para-hydroxylation sites is 1. The van der Waals surface area contributed by atoms with Gasteiger partial charge >= 0.3 is 0 Å². The molecule has 2 heterocycles. The van der Waals surface area contributed by atoms with Gasteiger partial charge in [0, 0.05) is 23.2 Å². The molecule has 0 bridgehead atoms. The maximum absolute atomic E-state index is 13.2. The molecule has 1 N–H and O–H groups in total. The number of hydrogen-bond donors (Lipinski definition) is 1. The highest BCUT2D eigenvalue weighted by molar-refractivity contribution is 5.94. The van der Waals surface area contributed by atoms with Crippen molar-refractivity contribution in [3.63, 3.8) is 0 Å². The van der Waals surface area contributed by atoms with Crippen LogP contribution in [0, 0.1) is 13.8 Å². The zero-order chi connectivity index (χ0) is 22.1.